The number of rotatable bonds is 8. The maximum absolute atomic E-state index is 13.6. The van der Waals surface area contributed by atoms with Crippen LogP contribution in [0, 0.1) is 6.92 Å². The molecule has 1 amide bonds. The van der Waals surface area contributed by atoms with E-state index in [1.54, 1.807) is 18.2 Å². The minimum atomic E-state index is -4.62. The Labute approximate surface area is 224 Å². The van der Waals surface area contributed by atoms with E-state index in [0.717, 1.165) is 28.6 Å². The Morgan fingerprint density at radius 3 is 2.51 bits per heavy atom. The molecule has 0 saturated heterocycles. The van der Waals surface area contributed by atoms with Gasteiger partial charge in [0, 0.05) is 24.1 Å². The number of carbonyl (C=O) groups is 1. The van der Waals surface area contributed by atoms with Gasteiger partial charge < -0.3 is 21.3 Å². The molecule has 1 aromatic heterocycles. The largest absolute Gasteiger partial charge is 0.684 e. The van der Waals surface area contributed by atoms with Gasteiger partial charge in [-0.05, 0) is 43.2 Å². The zero-order valence-corrected chi connectivity index (χ0v) is 22.2. The number of nitrogens with one attached hydrogen (secondary N) is 3. The molecule has 0 aliphatic carbocycles. The standard InChI is InChI=1S/C23H22F3N6O.C2H6O3S/c1-3-27-19-8-13(2)4-5-14(19)11-28-21-17(23(24,25)26)12-29-22(32-21)30-16-6-7-18-15(9-16)10-20(33)31-18;1-2-6(3,4)5/h4-9,12H,3,10-11H2,1-2H3,(H,31,33)(H2,28,29,30,32);2H2,1H3,(H,3,4,5)/q-1;. The summed E-state index contributed by atoms with van der Waals surface area (Å²) in [6.07, 6.45) is -3.62. The topological polar surface area (TPSA) is 147 Å². The first-order valence-corrected chi connectivity index (χ1v) is 13.5. The lowest BCUT2D eigenvalue weighted by Gasteiger charge is -2.24. The lowest BCUT2D eigenvalue weighted by Crippen LogP contribution is -2.14. The van der Waals surface area contributed by atoms with E-state index >= 15 is 0 Å². The SMILES string of the molecule is CCS(=O)(=O)O.CC[N-]c1cc(C)ccc1CNc1nc(Nc2ccc3c(c2)CC(=O)N3)ncc1C(F)(F)F. The van der Waals surface area contributed by atoms with Crippen LogP contribution in [0.15, 0.2) is 42.6 Å². The lowest BCUT2D eigenvalue weighted by atomic mass is 10.1. The molecule has 1 aliphatic rings. The zero-order valence-electron chi connectivity index (χ0n) is 21.4. The summed E-state index contributed by atoms with van der Waals surface area (Å²) >= 11 is 0. The van der Waals surface area contributed by atoms with E-state index in [0.29, 0.717) is 17.9 Å². The molecule has 0 unspecified atom stereocenters. The second kappa shape index (κ2) is 12.3. The summed E-state index contributed by atoms with van der Waals surface area (Å²) in [5.41, 5.74) is 3.62. The molecule has 0 saturated carbocycles. The highest BCUT2D eigenvalue weighted by Crippen LogP contribution is 2.35. The van der Waals surface area contributed by atoms with Crippen LogP contribution in [-0.2, 0) is 34.1 Å². The van der Waals surface area contributed by atoms with Crippen molar-refractivity contribution < 1.29 is 30.9 Å². The van der Waals surface area contributed by atoms with Crippen LogP contribution in [-0.4, -0.2) is 41.1 Å². The Morgan fingerprint density at radius 1 is 1.15 bits per heavy atom. The number of aromatic nitrogens is 2. The number of benzene rings is 2. The normalized spacial score (nSPS) is 12.6. The summed E-state index contributed by atoms with van der Waals surface area (Å²) in [5, 5.41) is 12.9. The number of hydrogen-bond acceptors (Lipinski definition) is 7. The minimum absolute atomic E-state index is 0.00473. The molecule has 39 heavy (non-hydrogen) atoms. The third kappa shape index (κ3) is 8.55. The van der Waals surface area contributed by atoms with Crippen molar-refractivity contribution in [1.29, 1.82) is 0 Å². The second-order valence-electron chi connectivity index (χ2n) is 8.51. The molecule has 14 heteroatoms. The average Bonchev–Trinajstić information content (AvgIpc) is 3.22. The minimum Gasteiger partial charge on any atom is -0.684 e. The summed E-state index contributed by atoms with van der Waals surface area (Å²) in [6, 6.07) is 10.8. The second-order valence-corrected chi connectivity index (χ2v) is 10.2. The number of amides is 1. The third-order valence-electron chi connectivity index (χ3n) is 5.46. The van der Waals surface area contributed by atoms with Crippen molar-refractivity contribution in [2.45, 2.75) is 39.9 Å². The molecule has 2 aromatic carbocycles. The van der Waals surface area contributed by atoms with Gasteiger partial charge in [-0.1, -0.05) is 30.7 Å². The fourth-order valence-electron chi connectivity index (χ4n) is 3.54. The highest BCUT2D eigenvalue weighted by Gasteiger charge is 2.35. The molecular weight excluding hydrogens is 537 g/mol. The number of aryl methyl sites for hydroxylation is 1. The molecule has 0 bridgehead atoms. The van der Waals surface area contributed by atoms with Gasteiger partial charge in [-0.15, -0.1) is 12.2 Å². The molecule has 0 atom stereocenters. The molecule has 10 nitrogen and oxygen atoms in total. The Morgan fingerprint density at radius 2 is 1.87 bits per heavy atom. The van der Waals surface area contributed by atoms with E-state index < -0.39 is 21.9 Å². The quantitative estimate of drug-likeness (QED) is 0.259. The number of anilines is 4. The Hall–Kier alpha value is -3.91. The smallest absolute Gasteiger partial charge is 0.421 e. The summed E-state index contributed by atoms with van der Waals surface area (Å²) in [7, 11) is -3.66. The molecule has 3 aromatic rings. The van der Waals surface area contributed by atoms with Crippen molar-refractivity contribution in [3.8, 4) is 0 Å². The van der Waals surface area contributed by atoms with Gasteiger partial charge in [0.05, 0.1) is 12.2 Å². The Bertz CT molecular complexity index is 1450. The van der Waals surface area contributed by atoms with Crippen LogP contribution >= 0.6 is 0 Å². The van der Waals surface area contributed by atoms with E-state index in [1.165, 1.54) is 6.92 Å². The fourth-order valence-corrected chi connectivity index (χ4v) is 3.54. The summed E-state index contributed by atoms with van der Waals surface area (Å²) in [4.78, 5) is 19.5. The molecular formula is C25H28F3N6O4S-. The number of carbonyl (C=O) groups excluding carboxylic acids is 1. The van der Waals surface area contributed by atoms with Crippen LogP contribution < -0.4 is 16.0 Å². The van der Waals surface area contributed by atoms with E-state index in [1.807, 2.05) is 32.0 Å². The first-order valence-electron chi connectivity index (χ1n) is 11.9. The molecule has 2 heterocycles. The monoisotopic (exact) mass is 565 g/mol. The van der Waals surface area contributed by atoms with Crippen molar-refractivity contribution in [3.63, 3.8) is 0 Å². The summed E-state index contributed by atoms with van der Waals surface area (Å²) < 4.78 is 67.6. The lowest BCUT2D eigenvalue weighted by molar-refractivity contribution is -0.137. The fraction of sp³-hybridized carbons (Fsp3) is 0.320. The van der Waals surface area contributed by atoms with Crippen LogP contribution in [0.3, 0.4) is 0 Å². The maximum atomic E-state index is 13.6. The van der Waals surface area contributed by atoms with E-state index in [4.69, 9.17) is 4.55 Å². The van der Waals surface area contributed by atoms with E-state index in [2.05, 4.69) is 31.2 Å². The number of hydrogen-bond donors (Lipinski definition) is 4. The number of alkyl halides is 3. The van der Waals surface area contributed by atoms with Crippen molar-refractivity contribution >= 4 is 44.9 Å². The maximum Gasteiger partial charge on any atom is 0.421 e. The predicted molar refractivity (Wildman–Crippen MR) is 143 cm³/mol. The van der Waals surface area contributed by atoms with Crippen LogP contribution in [0.2, 0.25) is 0 Å². The first kappa shape index (κ1) is 29.6. The average molecular weight is 566 g/mol. The van der Waals surface area contributed by atoms with Gasteiger partial charge in [0.25, 0.3) is 10.1 Å². The van der Waals surface area contributed by atoms with E-state index in [-0.39, 0.29) is 36.4 Å². The molecule has 1 aliphatic heterocycles. The van der Waals surface area contributed by atoms with Crippen LogP contribution in [0.1, 0.15) is 36.1 Å². The van der Waals surface area contributed by atoms with Gasteiger partial charge in [0.2, 0.25) is 11.9 Å². The zero-order chi connectivity index (χ0) is 28.8. The van der Waals surface area contributed by atoms with Gasteiger partial charge in [-0.25, -0.2) is 4.98 Å². The molecule has 0 spiro atoms. The first-order chi connectivity index (χ1) is 18.3. The van der Waals surface area contributed by atoms with Gasteiger partial charge in [0.15, 0.2) is 0 Å². The third-order valence-corrected chi connectivity index (χ3v) is 6.19. The van der Waals surface area contributed by atoms with Gasteiger partial charge >= 0.3 is 6.18 Å². The van der Waals surface area contributed by atoms with Crippen molar-refractivity contribution in [1.82, 2.24) is 9.97 Å². The predicted octanol–water partition coefficient (Wildman–Crippen LogP) is 5.57. The van der Waals surface area contributed by atoms with Crippen molar-refractivity contribution in [2.24, 2.45) is 0 Å². The highest BCUT2D eigenvalue weighted by molar-refractivity contribution is 7.85. The number of nitrogens with zero attached hydrogens (tertiary/aromatic N) is 3. The number of fused-ring (bicyclic) bond motifs is 1. The van der Waals surface area contributed by atoms with Gasteiger partial charge in [0.1, 0.15) is 11.4 Å². The molecule has 0 radical (unpaired) electrons. The molecule has 210 valence electrons. The summed E-state index contributed by atoms with van der Waals surface area (Å²) in [6.45, 7) is 5.88. The summed E-state index contributed by atoms with van der Waals surface area (Å²) in [5.74, 6) is -0.636. The Balaban J connectivity index is 0.000000631. The molecule has 0 fully saturated rings. The van der Waals surface area contributed by atoms with Crippen LogP contribution in [0.5, 0.6) is 0 Å². The van der Waals surface area contributed by atoms with Crippen LogP contribution in [0.25, 0.3) is 5.32 Å². The van der Waals surface area contributed by atoms with Gasteiger partial charge in [-0.3, -0.25) is 9.35 Å². The van der Waals surface area contributed by atoms with Crippen molar-refractivity contribution in [3.05, 3.63) is 70.2 Å². The highest BCUT2D eigenvalue weighted by atomic mass is 32.2. The molecule has 4 rings (SSSR count). The van der Waals surface area contributed by atoms with Crippen molar-refractivity contribution in [2.75, 3.05) is 28.2 Å². The number of halogens is 3. The van der Waals surface area contributed by atoms with E-state index in [9.17, 15) is 26.4 Å². The van der Waals surface area contributed by atoms with Gasteiger partial charge in [-0.2, -0.15) is 26.6 Å². The van der Waals surface area contributed by atoms with Crippen LogP contribution in [0.4, 0.5) is 42.0 Å². The molecule has 4 N–H and O–H groups in total. The Kier molecular flexibility index (Phi) is 9.35.